The summed E-state index contributed by atoms with van der Waals surface area (Å²) in [5, 5.41) is 5.23. The molecule has 22 heavy (non-hydrogen) atoms. The van der Waals surface area contributed by atoms with Crippen molar-refractivity contribution in [1.82, 2.24) is 10.3 Å². The number of hydrogen-bond donors (Lipinski definition) is 2. The molecule has 0 aliphatic heterocycles. The number of ether oxygens (including phenoxy) is 1. The number of hydrogen-bond acceptors (Lipinski definition) is 4. The third-order valence-electron chi connectivity index (χ3n) is 2.81. The summed E-state index contributed by atoms with van der Waals surface area (Å²) in [7, 11) is 0. The minimum atomic E-state index is -0.353. The van der Waals surface area contributed by atoms with E-state index in [1.807, 2.05) is 6.92 Å². The van der Waals surface area contributed by atoms with Gasteiger partial charge in [0.1, 0.15) is 5.75 Å². The van der Waals surface area contributed by atoms with Gasteiger partial charge in [-0.2, -0.15) is 0 Å². The maximum absolute atomic E-state index is 12.1. The molecule has 1 aromatic heterocycles. The smallest absolute Gasteiger partial charge is 0.255 e. The van der Waals surface area contributed by atoms with Crippen LogP contribution in [0.4, 0.5) is 5.69 Å². The van der Waals surface area contributed by atoms with Crippen molar-refractivity contribution in [2.24, 2.45) is 0 Å². The number of pyridine rings is 1. The maximum atomic E-state index is 12.1. The van der Waals surface area contributed by atoms with E-state index in [0.717, 1.165) is 0 Å². The van der Waals surface area contributed by atoms with Gasteiger partial charge in [-0.25, -0.2) is 0 Å². The van der Waals surface area contributed by atoms with Crippen molar-refractivity contribution in [1.29, 1.82) is 0 Å². The molecule has 114 valence electrons. The Bertz CT molecular complexity index is 644. The molecule has 0 atom stereocenters. The van der Waals surface area contributed by atoms with Gasteiger partial charge in [-0.3, -0.25) is 14.6 Å². The Morgan fingerprint density at radius 3 is 2.59 bits per heavy atom. The quantitative estimate of drug-likeness (QED) is 0.853. The standard InChI is InChI=1S/C16H17N3O3/c1-2-22-14-6-4-3-5-13(14)16(21)18-11-15(20)19-12-7-9-17-10-8-12/h3-10H,2,11H2,1H3,(H,18,21)(H,17,19,20). The fraction of sp³-hybridized carbons (Fsp3) is 0.188. The van der Waals surface area contributed by atoms with Crippen LogP contribution in [0.3, 0.4) is 0 Å². The van der Waals surface area contributed by atoms with Gasteiger partial charge in [0.15, 0.2) is 0 Å². The number of nitrogens with one attached hydrogen (secondary N) is 2. The normalized spacial score (nSPS) is 9.86. The molecule has 2 N–H and O–H groups in total. The number of benzene rings is 1. The molecular weight excluding hydrogens is 282 g/mol. The summed E-state index contributed by atoms with van der Waals surface area (Å²) < 4.78 is 5.39. The minimum Gasteiger partial charge on any atom is -0.493 e. The van der Waals surface area contributed by atoms with Gasteiger partial charge < -0.3 is 15.4 Å². The number of para-hydroxylation sites is 1. The van der Waals surface area contributed by atoms with Crippen LogP contribution in [0.2, 0.25) is 0 Å². The van der Waals surface area contributed by atoms with Crippen molar-refractivity contribution in [3.8, 4) is 5.75 Å². The molecule has 0 unspecified atom stereocenters. The third kappa shape index (κ3) is 4.31. The van der Waals surface area contributed by atoms with E-state index in [1.165, 1.54) is 0 Å². The molecule has 0 bridgehead atoms. The summed E-state index contributed by atoms with van der Waals surface area (Å²) in [6, 6.07) is 10.2. The first-order valence-electron chi connectivity index (χ1n) is 6.90. The number of anilines is 1. The zero-order chi connectivity index (χ0) is 15.8. The van der Waals surface area contributed by atoms with Gasteiger partial charge in [0, 0.05) is 18.1 Å². The Kier molecular flexibility index (Phi) is 5.48. The first-order valence-corrected chi connectivity index (χ1v) is 6.90. The van der Waals surface area contributed by atoms with E-state index < -0.39 is 0 Å². The zero-order valence-corrected chi connectivity index (χ0v) is 12.2. The molecule has 2 amide bonds. The van der Waals surface area contributed by atoms with Crippen LogP contribution >= 0.6 is 0 Å². The van der Waals surface area contributed by atoms with Crippen LogP contribution in [-0.2, 0) is 4.79 Å². The number of aromatic nitrogens is 1. The fourth-order valence-corrected chi connectivity index (χ4v) is 1.83. The predicted molar refractivity (Wildman–Crippen MR) is 82.8 cm³/mol. The van der Waals surface area contributed by atoms with Crippen LogP contribution in [0.5, 0.6) is 5.75 Å². The van der Waals surface area contributed by atoms with Gasteiger partial charge >= 0.3 is 0 Å². The highest BCUT2D eigenvalue weighted by molar-refractivity contribution is 6.00. The lowest BCUT2D eigenvalue weighted by Crippen LogP contribution is -2.33. The SMILES string of the molecule is CCOc1ccccc1C(=O)NCC(=O)Nc1ccncc1. The summed E-state index contributed by atoms with van der Waals surface area (Å²) >= 11 is 0. The number of rotatable bonds is 6. The first kappa shape index (κ1) is 15.5. The second-order valence-electron chi connectivity index (χ2n) is 4.40. The fourth-order valence-electron chi connectivity index (χ4n) is 1.83. The van der Waals surface area contributed by atoms with Crippen molar-refractivity contribution in [2.75, 3.05) is 18.5 Å². The summed E-state index contributed by atoms with van der Waals surface area (Å²) in [6.07, 6.45) is 3.15. The largest absolute Gasteiger partial charge is 0.493 e. The topological polar surface area (TPSA) is 80.3 Å². The molecule has 1 heterocycles. The number of carbonyl (C=O) groups excluding carboxylic acids is 2. The molecule has 2 aromatic rings. The lowest BCUT2D eigenvalue weighted by Gasteiger charge is -2.10. The Morgan fingerprint density at radius 1 is 1.14 bits per heavy atom. The van der Waals surface area contributed by atoms with Gasteiger partial charge in [0.2, 0.25) is 5.91 Å². The van der Waals surface area contributed by atoms with Crippen LogP contribution in [0.1, 0.15) is 17.3 Å². The Morgan fingerprint density at radius 2 is 1.86 bits per heavy atom. The molecule has 0 aliphatic carbocycles. The first-order chi connectivity index (χ1) is 10.7. The van der Waals surface area contributed by atoms with Crippen molar-refractivity contribution in [3.63, 3.8) is 0 Å². The van der Waals surface area contributed by atoms with Crippen molar-refractivity contribution < 1.29 is 14.3 Å². The summed E-state index contributed by atoms with van der Waals surface area (Å²) in [4.78, 5) is 27.8. The zero-order valence-electron chi connectivity index (χ0n) is 12.2. The van der Waals surface area contributed by atoms with Gasteiger partial charge in [0.05, 0.1) is 18.7 Å². The summed E-state index contributed by atoms with van der Waals surface area (Å²) in [5.74, 6) is -0.167. The average Bonchev–Trinajstić information content (AvgIpc) is 2.54. The highest BCUT2D eigenvalue weighted by Crippen LogP contribution is 2.17. The van der Waals surface area contributed by atoms with Crippen molar-refractivity contribution >= 4 is 17.5 Å². The van der Waals surface area contributed by atoms with Crippen LogP contribution in [0, 0.1) is 0 Å². The van der Waals surface area contributed by atoms with Gasteiger partial charge in [-0.1, -0.05) is 12.1 Å². The Balaban J connectivity index is 1.91. The average molecular weight is 299 g/mol. The highest BCUT2D eigenvalue weighted by atomic mass is 16.5. The van der Waals surface area contributed by atoms with E-state index in [-0.39, 0.29) is 18.4 Å². The van der Waals surface area contributed by atoms with E-state index in [2.05, 4.69) is 15.6 Å². The van der Waals surface area contributed by atoms with Gasteiger partial charge in [-0.15, -0.1) is 0 Å². The second-order valence-corrected chi connectivity index (χ2v) is 4.40. The maximum Gasteiger partial charge on any atom is 0.255 e. The molecule has 0 saturated carbocycles. The van der Waals surface area contributed by atoms with Crippen LogP contribution < -0.4 is 15.4 Å². The van der Waals surface area contributed by atoms with E-state index in [4.69, 9.17) is 4.74 Å². The molecule has 0 aliphatic rings. The lowest BCUT2D eigenvalue weighted by molar-refractivity contribution is -0.115. The van der Waals surface area contributed by atoms with E-state index in [1.54, 1.807) is 48.8 Å². The van der Waals surface area contributed by atoms with Gasteiger partial charge in [-0.05, 0) is 31.2 Å². The Labute approximate surface area is 128 Å². The molecule has 0 spiro atoms. The molecule has 0 saturated heterocycles. The lowest BCUT2D eigenvalue weighted by atomic mass is 10.2. The van der Waals surface area contributed by atoms with Gasteiger partial charge in [0.25, 0.3) is 5.91 Å². The number of carbonyl (C=O) groups is 2. The summed E-state index contributed by atoms with van der Waals surface area (Å²) in [6.45, 7) is 2.19. The van der Waals surface area contributed by atoms with E-state index in [0.29, 0.717) is 23.6 Å². The Hall–Kier alpha value is -2.89. The third-order valence-corrected chi connectivity index (χ3v) is 2.81. The molecule has 0 radical (unpaired) electrons. The minimum absolute atomic E-state index is 0.123. The molecule has 2 rings (SSSR count). The second kappa shape index (κ2) is 7.78. The van der Waals surface area contributed by atoms with Crippen molar-refractivity contribution in [2.45, 2.75) is 6.92 Å². The molecule has 0 fully saturated rings. The highest BCUT2D eigenvalue weighted by Gasteiger charge is 2.12. The number of amides is 2. The summed E-state index contributed by atoms with van der Waals surface area (Å²) in [5.41, 5.74) is 1.03. The van der Waals surface area contributed by atoms with Crippen LogP contribution in [-0.4, -0.2) is 29.9 Å². The molecule has 1 aromatic carbocycles. The van der Waals surface area contributed by atoms with Crippen LogP contribution in [0.25, 0.3) is 0 Å². The molecule has 6 nitrogen and oxygen atoms in total. The molecular formula is C16H17N3O3. The predicted octanol–water partition coefficient (Wildman–Crippen LogP) is 1.85. The number of nitrogens with zero attached hydrogens (tertiary/aromatic N) is 1. The van der Waals surface area contributed by atoms with Crippen LogP contribution in [0.15, 0.2) is 48.8 Å². The monoisotopic (exact) mass is 299 g/mol. The van der Waals surface area contributed by atoms with E-state index in [9.17, 15) is 9.59 Å². The van der Waals surface area contributed by atoms with E-state index >= 15 is 0 Å². The molecule has 6 heteroatoms. The van der Waals surface area contributed by atoms with Crippen molar-refractivity contribution in [3.05, 3.63) is 54.4 Å².